The number of aromatic nitrogens is 2. The molecule has 0 bridgehead atoms. The van der Waals surface area contributed by atoms with E-state index >= 15 is 0 Å². The minimum atomic E-state index is -0.0887. The molecule has 0 spiro atoms. The van der Waals surface area contributed by atoms with E-state index in [-0.39, 0.29) is 5.41 Å². The van der Waals surface area contributed by atoms with Crippen molar-refractivity contribution in [3.63, 3.8) is 0 Å². The summed E-state index contributed by atoms with van der Waals surface area (Å²) in [7, 11) is 0. The van der Waals surface area contributed by atoms with E-state index in [2.05, 4.69) is 184 Å². The van der Waals surface area contributed by atoms with E-state index in [0.717, 1.165) is 39.3 Å². The molecule has 1 aromatic heterocycles. The molecule has 10 rings (SSSR count). The highest BCUT2D eigenvalue weighted by molar-refractivity contribution is 6.05. The van der Waals surface area contributed by atoms with Crippen LogP contribution in [0.15, 0.2) is 182 Å². The second-order valence-corrected chi connectivity index (χ2v) is 14.6. The van der Waals surface area contributed by atoms with Crippen LogP contribution < -0.4 is 0 Å². The summed E-state index contributed by atoms with van der Waals surface area (Å²) in [6.45, 7) is 4.73. The van der Waals surface area contributed by atoms with Gasteiger partial charge in [0.1, 0.15) is 0 Å². The van der Waals surface area contributed by atoms with Crippen LogP contribution in [0.3, 0.4) is 0 Å². The Kier molecular flexibility index (Phi) is 7.19. The van der Waals surface area contributed by atoms with Crippen LogP contribution >= 0.6 is 0 Å². The SMILES string of the molecule is CC1(C)c2cc(-c3cccc(-c4ccc(-c5nc(-c6ccccc6)cc(-c6ccccc6)n5)c5ccccc45)c3)ccc2-c2c1ccc1ccccc21. The molecule has 0 atom stereocenters. The fourth-order valence-corrected chi connectivity index (χ4v) is 8.38. The Morgan fingerprint density at radius 1 is 0.358 bits per heavy atom. The fourth-order valence-electron chi connectivity index (χ4n) is 8.38. The lowest BCUT2D eigenvalue weighted by Gasteiger charge is -2.22. The van der Waals surface area contributed by atoms with Crippen LogP contribution in [-0.2, 0) is 5.41 Å². The van der Waals surface area contributed by atoms with E-state index in [4.69, 9.17) is 9.97 Å². The molecule has 2 heteroatoms. The molecular formula is C51H36N2. The van der Waals surface area contributed by atoms with E-state index in [9.17, 15) is 0 Å². The molecule has 0 radical (unpaired) electrons. The van der Waals surface area contributed by atoms with Crippen molar-refractivity contribution >= 4 is 21.5 Å². The highest BCUT2D eigenvalue weighted by Gasteiger charge is 2.36. The average Bonchev–Trinajstić information content (AvgIpc) is 3.46. The zero-order valence-corrected chi connectivity index (χ0v) is 29.7. The molecule has 0 unspecified atom stereocenters. The quantitative estimate of drug-likeness (QED) is 0.181. The van der Waals surface area contributed by atoms with Crippen molar-refractivity contribution in [2.24, 2.45) is 0 Å². The Morgan fingerprint density at radius 2 is 0.906 bits per heavy atom. The zero-order valence-electron chi connectivity index (χ0n) is 29.7. The summed E-state index contributed by atoms with van der Waals surface area (Å²) in [5, 5.41) is 4.92. The number of hydrogen-bond donors (Lipinski definition) is 0. The Hall–Kier alpha value is -6.64. The molecule has 0 aliphatic heterocycles. The number of fused-ring (bicyclic) bond motifs is 6. The first-order valence-electron chi connectivity index (χ1n) is 18.3. The normalized spacial score (nSPS) is 12.9. The molecule has 8 aromatic carbocycles. The van der Waals surface area contributed by atoms with Crippen LogP contribution in [-0.4, -0.2) is 9.97 Å². The monoisotopic (exact) mass is 676 g/mol. The van der Waals surface area contributed by atoms with Crippen molar-refractivity contribution < 1.29 is 0 Å². The lowest BCUT2D eigenvalue weighted by molar-refractivity contribution is 0.661. The van der Waals surface area contributed by atoms with Crippen LogP contribution in [0.1, 0.15) is 25.0 Å². The molecule has 9 aromatic rings. The molecule has 53 heavy (non-hydrogen) atoms. The molecule has 0 saturated carbocycles. The zero-order chi connectivity index (χ0) is 35.5. The van der Waals surface area contributed by atoms with E-state index in [1.165, 1.54) is 60.7 Å². The maximum atomic E-state index is 5.17. The number of nitrogens with zero attached hydrogens (tertiary/aromatic N) is 2. The smallest absolute Gasteiger partial charge is 0.161 e. The van der Waals surface area contributed by atoms with Gasteiger partial charge >= 0.3 is 0 Å². The van der Waals surface area contributed by atoms with E-state index in [1.54, 1.807) is 0 Å². The van der Waals surface area contributed by atoms with Crippen molar-refractivity contribution in [1.82, 2.24) is 9.97 Å². The molecule has 0 N–H and O–H groups in total. The standard InChI is InChI=1S/C51H36N2/c1-51(2)45-29-25-33-14-9-10-21-40(33)49(45)44-26-24-37(31-46(44)51)36-19-13-20-38(30-36)39-27-28-43(42-23-12-11-22-41(39)42)50-52-47(34-15-5-3-6-16-34)32-48(53-50)35-17-7-4-8-18-35/h3-32H,1-2H3. The molecule has 0 amide bonds. The summed E-state index contributed by atoms with van der Waals surface area (Å²) >= 11 is 0. The largest absolute Gasteiger partial charge is 0.228 e. The number of benzene rings is 8. The summed E-state index contributed by atoms with van der Waals surface area (Å²) in [4.78, 5) is 10.3. The van der Waals surface area contributed by atoms with Gasteiger partial charge in [-0.3, -0.25) is 0 Å². The van der Waals surface area contributed by atoms with Crippen molar-refractivity contribution in [3.8, 4) is 67.3 Å². The van der Waals surface area contributed by atoms with Crippen LogP contribution in [0, 0.1) is 0 Å². The van der Waals surface area contributed by atoms with Gasteiger partial charge in [0.15, 0.2) is 5.82 Å². The summed E-state index contributed by atoms with van der Waals surface area (Å²) < 4.78 is 0. The molecule has 1 aliphatic rings. The molecular weight excluding hydrogens is 641 g/mol. The first-order valence-corrected chi connectivity index (χ1v) is 18.3. The minimum Gasteiger partial charge on any atom is -0.228 e. The predicted octanol–water partition coefficient (Wildman–Crippen LogP) is 13.4. The van der Waals surface area contributed by atoms with E-state index in [0.29, 0.717) is 0 Å². The first-order chi connectivity index (χ1) is 26.0. The van der Waals surface area contributed by atoms with Gasteiger partial charge in [0.2, 0.25) is 0 Å². The second-order valence-electron chi connectivity index (χ2n) is 14.6. The fraction of sp³-hybridized carbons (Fsp3) is 0.0588. The second kappa shape index (κ2) is 12.3. The average molecular weight is 677 g/mol. The van der Waals surface area contributed by atoms with Gasteiger partial charge in [-0.05, 0) is 90.3 Å². The third kappa shape index (κ3) is 5.18. The van der Waals surface area contributed by atoms with Crippen molar-refractivity contribution in [1.29, 1.82) is 0 Å². The van der Waals surface area contributed by atoms with Crippen LogP contribution in [0.2, 0.25) is 0 Å². The maximum Gasteiger partial charge on any atom is 0.161 e. The van der Waals surface area contributed by atoms with Gasteiger partial charge in [-0.25, -0.2) is 9.97 Å². The third-order valence-corrected chi connectivity index (χ3v) is 11.1. The number of rotatable bonds is 5. The van der Waals surface area contributed by atoms with Gasteiger partial charge in [-0.1, -0.05) is 172 Å². The van der Waals surface area contributed by atoms with Crippen LogP contribution in [0.25, 0.3) is 88.8 Å². The van der Waals surface area contributed by atoms with Gasteiger partial charge in [-0.15, -0.1) is 0 Å². The third-order valence-electron chi connectivity index (χ3n) is 11.1. The van der Waals surface area contributed by atoms with E-state index < -0.39 is 0 Å². The first kappa shape index (κ1) is 31.1. The van der Waals surface area contributed by atoms with Gasteiger partial charge in [0.05, 0.1) is 11.4 Å². The van der Waals surface area contributed by atoms with Crippen LogP contribution in [0.4, 0.5) is 0 Å². The van der Waals surface area contributed by atoms with Crippen molar-refractivity contribution in [2.75, 3.05) is 0 Å². The van der Waals surface area contributed by atoms with Gasteiger partial charge in [0.25, 0.3) is 0 Å². The van der Waals surface area contributed by atoms with Crippen molar-refractivity contribution in [2.45, 2.75) is 19.3 Å². The molecule has 2 nitrogen and oxygen atoms in total. The number of hydrogen-bond acceptors (Lipinski definition) is 2. The summed E-state index contributed by atoms with van der Waals surface area (Å²) in [5.74, 6) is 0.719. The van der Waals surface area contributed by atoms with Gasteiger partial charge < -0.3 is 0 Å². The predicted molar refractivity (Wildman–Crippen MR) is 222 cm³/mol. The Balaban J connectivity index is 1.08. The Bertz CT molecular complexity index is 2790. The molecule has 1 heterocycles. The van der Waals surface area contributed by atoms with Crippen molar-refractivity contribution in [3.05, 3.63) is 193 Å². The minimum absolute atomic E-state index is 0.0887. The van der Waals surface area contributed by atoms with Crippen LogP contribution in [0.5, 0.6) is 0 Å². The van der Waals surface area contributed by atoms with Gasteiger partial charge in [0, 0.05) is 22.1 Å². The highest BCUT2D eigenvalue weighted by atomic mass is 14.9. The van der Waals surface area contributed by atoms with E-state index in [1.807, 2.05) is 12.1 Å². The lowest BCUT2D eigenvalue weighted by Crippen LogP contribution is -2.15. The van der Waals surface area contributed by atoms with Gasteiger partial charge in [-0.2, -0.15) is 0 Å². The highest BCUT2D eigenvalue weighted by Crippen LogP contribution is 2.52. The lowest BCUT2D eigenvalue weighted by atomic mass is 9.81. The molecule has 0 saturated heterocycles. The summed E-state index contributed by atoms with van der Waals surface area (Å²) in [6.07, 6.45) is 0. The molecule has 0 fully saturated rings. The summed E-state index contributed by atoms with van der Waals surface area (Å²) in [6, 6.07) is 65.3. The maximum absolute atomic E-state index is 5.17. The Labute approximate surface area is 310 Å². The molecule has 250 valence electrons. The topological polar surface area (TPSA) is 25.8 Å². The Morgan fingerprint density at radius 3 is 1.62 bits per heavy atom. The summed E-state index contributed by atoms with van der Waals surface area (Å²) in [5.41, 5.74) is 15.2. The molecule has 1 aliphatic carbocycles.